The molecule has 0 fully saturated rings. The van der Waals surface area contributed by atoms with Crippen LogP contribution >= 0.6 is 0 Å². The molecule has 0 bridgehead atoms. The van der Waals surface area contributed by atoms with Gasteiger partial charge in [0.05, 0.1) is 19.3 Å². The molecule has 198 valence electrons. The van der Waals surface area contributed by atoms with E-state index >= 15 is 0 Å². The van der Waals surface area contributed by atoms with Crippen LogP contribution < -0.4 is 5.32 Å². The molecule has 2 rings (SSSR count). The van der Waals surface area contributed by atoms with Crippen molar-refractivity contribution in [3.8, 4) is 0 Å². The maximum atomic E-state index is 14.1. The lowest BCUT2D eigenvalue weighted by atomic mass is 10.0. The van der Waals surface area contributed by atoms with E-state index in [1.165, 1.54) is 0 Å². The van der Waals surface area contributed by atoms with E-state index in [-0.39, 0.29) is 25.7 Å². The summed E-state index contributed by atoms with van der Waals surface area (Å²) in [4.78, 5) is 25.0. The van der Waals surface area contributed by atoms with Gasteiger partial charge in [0.1, 0.15) is 12.7 Å². The summed E-state index contributed by atoms with van der Waals surface area (Å²) in [5.74, 6) is -0.348. The molecule has 0 saturated heterocycles. The predicted molar refractivity (Wildman–Crippen MR) is 145 cm³/mol. The van der Waals surface area contributed by atoms with E-state index in [1.807, 2.05) is 78.8 Å². The number of nitrogens with one attached hydrogen (secondary N) is 1. The van der Waals surface area contributed by atoms with Gasteiger partial charge in [-0.3, -0.25) is 9.00 Å². The molecule has 0 heterocycles. The van der Waals surface area contributed by atoms with E-state index in [0.29, 0.717) is 26.0 Å². The summed E-state index contributed by atoms with van der Waals surface area (Å²) >= 11 is 0. The number of esters is 1. The zero-order valence-corrected chi connectivity index (χ0v) is 22.6. The van der Waals surface area contributed by atoms with Crippen molar-refractivity contribution in [1.29, 1.82) is 0 Å². The molecular formula is C26H39BN2O6S. The molecule has 8 nitrogen and oxygen atoms in total. The minimum atomic E-state index is -3.00. The summed E-state index contributed by atoms with van der Waals surface area (Å²) in [6.07, 6.45) is 0.292. The van der Waals surface area contributed by atoms with Crippen molar-refractivity contribution in [2.75, 3.05) is 40.0 Å². The third-order valence-corrected chi connectivity index (χ3v) is 8.37. The Bertz CT molecular complexity index is 963. The summed E-state index contributed by atoms with van der Waals surface area (Å²) in [6, 6.07) is 18.4. The quantitative estimate of drug-likeness (QED) is 0.108. The van der Waals surface area contributed by atoms with Gasteiger partial charge in [-0.1, -0.05) is 72.3 Å². The van der Waals surface area contributed by atoms with Gasteiger partial charge in [0.2, 0.25) is 13.5 Å². The summed E-state index contributed by atoms with van der Waals surface area (Å²) in [6.45, 7) is 5.18. The molecule has 2 aromatic carbocycles. The van der Waals surface area contributed by atoms with E-state index in [1.54, 1.807) is 14.2 Å². The molecule has 2 atom stereocenters. The highest BCUT2D eigenvalue weighted by Gasteiger charge is 2.32. The fraction of sp³-hybridized carbons (Fsp3) is 0.462. The van der Waals surface area contributed by atoms with E-state index < -0.39 is 28.1 Å². The van der Waals surface area contributed by atoms with Crippen LogP contribution in [-0.2, 0) is 40.2 Å². The molecule has 0 aliphatic rings. The Morgan fingerprint density at radius 1 is 1.06 bits per heavy atom. The molecule has 0 aliphatic heterocycles. The average molecular weight is 518 g/mol. The Kier molecular flexibility index (Phi) is 12.8. The third kappa shape index (κ3) is 9.85. The number of hydrogen-bond acceptors (Lipinski definition) is 6. The highest BCUT2D eigenvalue weighted by molar-refractivity contribution is 8.20. The minimum absolute atomic E-state index is 0.184. The van der Waals surface area contributed by atoms with Crippen LogP contribution in [0.1, 0.15) is 19.4 Å². The summed E-state index contributed by atoms with van der Waals surface area (Å²) in [5.41, 5.74) is 0.979. The molecule has 36 heavy (non-hydrogen) atoms. The molecule has 0 spiro atoms. The third-order valence-electron chi connectivity index (χ3n) is 5.71. The lowest BCUT2D eigenvalue weighted by Crippen LogP contribution is -2.52. The number of carbonyl (C=O) groups is 2. The van der Waals surface area contributed by atoms with Crippen molar-refractivity contribution in [1.82, 2.24) is 9.62 Å². The van der Waals surface area contributed by atoms with Crippen LogP contribution in [0.4, 0.5) is 0 Å². The number of carbonyl (C=O) groups excluding carboxylic acids is 2. The van der Waals surface area contributed by atoms with Crippen LogP contribution in [-0.4, -0.2) is 80.2 Å². The standard InChI is InChI=1S/C26H39BN2O6S/c1-21(2)17-29(36(27,32)23-12-8-5-9-13-23)18-25(35-26(31)19-34-15-14-33-3)24(28-20-30)16-22-10-6-4-7-11-22/h4-13,20-21,24-25,36H,14-19,27H2,1-3H3,(H,28,30)/t24-,25+/m0/s1. The predicted octanol–water partition coefficient (Wildman–Crippen LogP) is 1.42. The number of nitrogens with zero attached hydrogens (tertiary/aromatic N) is 1. The van der Waals surface area contributed by atoms with Crippen molar-refractivity contribution in [3.05, 3.63) is 66.2 Å². The van der Waals surface area contributed by atoms with Gasteiger partial charge in [0.15, 0.2) is 0 Å². The van der Waals surface area contributed by atoms with Crippen molar-refractivity contribution in [3.63, 3.8) is 0 Å². The molecule has 2 aromatic rings. The number of rotatable bonds is 17. The number of methoxy groups -OCH3 is 1. The smallest absolute Gasteiger partial charge is 0.332 e. The van der Waals surface area contributed by atoms with Gasteiger partial charge in [0.25, 0.3) is 0 Å². The normalized spacial score (nSPS) is 13.8. The van der Waals surface area contributed by atoms with Crippen LogP contribution in [0.25, 0.3) is 0 Å². The van der Waals surface area contributed by atoms with Crippen molar-refractivity contribution in [2.24, 2.45) is 5.92 Å². The fourth-order valence-electron chi connectivity index (χ4n) is 3.88. The van der Waals surface area contributed by atoms with Gasteiger partial charge in [-0.2, -0.15) is 0 Å². The van der Waals surface area contributed by atoms with E-state index in [4.69, 9.17) is 14.2 Å². The second-order valence-electron chi connectivity index (χ2n) is 9.13. The van der Waals surface area contributed by atoms with Crippen molar-refractivity contribution < 1.29 is 28.0 Å². The zero-order valence-electron chi connectivity index (χ0n) is 21.7. The largest absolute Gasteiger partial charge is 0.457 e. The lowest BCUT2D eigenvalue weighted by molar-refractivity contribution is -0.157. The summed E-state index contributed by atoms with van der Waals surface area (Å²) in [5, 5.41) is 2.83. The zero-order chi connectivity index (χ0) is 26.4. The molecule has 1 N–H and O–H groups in total. The average Bonchev–Trinajstić information content (AvgIpc) is 2.86. The molecule has 0 aromatic heterocycles. The summed E-state index contributed by atoms with van der Waals surface area (Å²) < 4.78 is 32.2. The Hall–Kier alpha value is -2.53. The topological polar surface area (TPSA) is 94.2 Å². The second-order valence-corrected chi connectivity index (χ2v) is 12.0. The second kappa shape index (κ2) is 15.6. The SMILES string of the molecule is B[SH](=O)(c1ccccc1)N(CC(C)C)C[C@@H](OC(=O)COCCOC)[C@H](Cc1ccccc1)NC=O. The molecule has 0 unspecified atom stereocenters. The minimum Gasteiger partial charge on any atom is -0.457 e. The Morgan fingerprint density at radius 2 is 1.69 bits per heavy atom. The first-order valence-corrected chi connectivity index (χ1v) is 14.3. The van der Waals surface area contributed by atoms with E-state index in [0.717, 1.165) is 10.5 Å². The number of thiol groups is 1. The molecule has 10 heteroatoms. The van der Waals surface area contributed by atoms with Crippen LogP contribution in [0.2, 0.25) is 0 Å². The van der Waals surface area contributed by atoms with Gasteiger partial charge in [-0.15, -0.1) is 0 Å². The first-order chi connectivity index (χ1) is 17.3. The lowest BCUT2D eigenvalue weighted by Gasteiger charge is -2.39. The van der Waals surface area contributed by atoms with Crippen molar-refractivity contribution in [2.45, 2.75) is 37.3 Å². The molecule has 0 aliphatic carbocycles. The van der Waals surface area contributed by atoms with E-state index in [2.05, 4.69) is 5.32 Å². The number of ether oxygens (including phenoxy) is 3. The van der Waals surface area contributed by atoms with Gasteiger partial charge in [0, 0.05) is 25.1 Å². The molecular weight excluding hydrogens is 479 g/mol. The van der Waals surface area contributed by atoms with Gasteiger partial charge in [-0.25, -0.2) is 9.10 Å². The summed E-state index contributed by atoms with van der Waals surface area (Å²) in [7, 11) is 0.285. The Balaban J connectivity index is 2.34. The number of hydrogen-bond donors (Lipinski definition) is 2. The fourth-order valence-corrected chi connectivity index (χ4v) is 6.05. The van der Waals surface area contributed by atoms with Crippen molar-refractivity contribution >= 4 is 29.5 Å². The van der Waals surface area contributed by atoms with Gasteiger partial charge < -0.3 is 19.5 Å². The van der Waals surface area contributed by atoms with Crippen LogP contribution in [0.5, 0.6) is 0 Å². The molecule has 0 saturated carbocycles. The maximum absolute atomic E-state index is 14.1. The number of amides is 1. The highest BCUT2D eigenvalue weighted by Crippen LogP contribution is 2.23. The van der Waals surface area contributed by atoms with Gasteiger partial charge >= 0.3 is 5.97 Å². The van der Waals surface area contributed by atoms with E-state index in [9.17, 15) is 13.8 Å². The maximum Gasteiger partial charge on any atom is 0.332 e. The molecule has 1 amide bonds. The van der Waals surface area contributed by atoms with Crippen LogP contribution in [0.15, 0.2) is 65.6 Å². The van der Waals surface area contributed by atoms with Crippen LogP contribution in [0, 0.1) is 5.92 Å². The monoisotopic (exact) mass is 518 g/mol. The Morgan fingerprint density at radius 3 is 2.28 bits per heavy atom. The number of benzene rings is 2. The highest BCUT2D eigenvalue weighted by atomic mass is 32.2. The molecule has 0 radical (unpaired) electrons. The first-order valence-electron chi connectivity index (χ1n) is 12.2. The van der Waals surface area contributed by atoms with Gasteiger partial charge in [-0.05, 0) is 30.0 Å². The Labute approximate surface area is 216 Å². The van der Waals surface area contributed by atoms with Crippen LogP contribution in [0.3, 0.4) is 0 Å². The first kappa shape index (κ1) is 29.7.